The second-order valence-corrected chi connectivity index (χ2v) is 6.33. The monoisotopic (exact) mass is 281 g/mol. The third-order valence-corrected chi connectivity index (χ3v) is 4.63. The van der Waals surface area contributed by atoms with Gasteiger partial charge < -0.3 is 16.0 Å². The number of likely N-dealkylation sites (tertiary alicyclic amines) is 1. The van der Waals surface area contributed by atoms with Gasteiger partial charge in [0.25, 0.3) is 0 Å². The van der Waals surface area contributed by atoms with Gasteiger partial charge in [0.1, 0.15) is 0 Å². The highest BCUT2D eigenvalue weighted by Gasteiger charge is 2.31. The number of carbonyl (C=O) groups is 2. The molecule has 1 aliphatic carbocycles. The van der Waals surface area contributed by atoms with Crippen LogP contribution in [0.1, 0.15) is 45.4 Å². The Bertz CT molecular complexity index is 351. The number of hydrogen-bond acceptors (Lipinski definition) is 3. The minimum Gasteiger partial charge on any atom is -0.356 e. The van der Waals surface area contributed by atoms with Crippen molar-refractivity contribution < 1.29 is 9.59 Å². The van der Waals surface area contributed by atoms with Crippen molar-refractivity contribution in [2.24, 2.45) is 17.6 Å². The van der Waals surface area contributed by atoms with Gasteiger partial charge in [-0.1, -0.05) is 6.42 Å². The summed E-state index contributed by atoms with van der Waals surface area (Å²) in [5.41, 5.74) is 5.97. The smallest absolute Gasteiger partial charge is 0.225 e. The first kappa shape index (κ1) is 15.3. The molecule has 5 heteroatoms. The summed E-state index contributed by atoms with van der Waals surface area (Å²) in [6.07, 6.45) is 5.97. The van der Waals surface area contributed by atoms with Crippen molar-refractivity contribution in [2.75, 3.05) is 19.6 Å². The first-order valence-electron chi connectivity index (χ1n) is 7.85. The fourth-order valence-electron chi connectivity index (χ4n) is 3.36. The van der Waals surface area contributed by atoms with Crippen LogP contribution in [0.2, 0.25) is 0 Å². The lowest BCUT2D eigenvalue weighted by Gasteiger charge is -2.36. The normalized spacial score (nSPS) is 28.2. The SMILES string of the molecule is CC(=O)NCC1CCN(C(=O)C2CCCC(N)C2)CC1. The van der Waals surface area contributed by atoms with Crippen LogP contribution in [0.15, 0.2) is 0 Å². The highest BCUT2D eigenvalue weighted by molar-refractivity contribution is 5.79. The lowest BCUT2D eigenvalue weighted by Crippen LogP contribution is -2.45. The maximum Gasteiger partial charge on any atom is 0.225 e. The van der Waals surface area contributed by atoms with Gasteiger partial charge in [-0.05, 0) is 38.0 Å². The zero-order valence-corrected chi connectivity index (χ0v) is 12.4. The maximum absolute atomic E-state index is 12.5. The molecular weight excluding hydrogens is 254 g/mol. The summed E-state index contributed by atoms with van der Waals surface area (Å²) in [5.74, 6) is 0.986. The third-order valence-electron chi connectivity index (χ3n) is 4.63. The highest BCUT2D eigenvalue weighted by Crippen LogP contribution is 2.27. The van der Waals surface area contributed by atoms with Crippen LogP contribution >= 0.6 is 0 Å². The number of nitrogens with one attached hydrogen (secondary N) is 1. The Morgan fingerprint density at radius 3 is 2.50 bits per heavy atom. The lowest BCUT2D eigenvalue weighted by molar-refractivity contribution is -0.138. The van der Waals surface area contributed by atoms with Gasteiger partial charge in [0.2, 0.25) is 11.8 Å². The number of piperidine rings is 1. The number of rotatable bonds is 3. The van der Waals surface area contributed by atoms with E-state index in [-0.39, 0.29) is 17.9 Å². The molecule has 2 unspecified atom stereocenters. The van der Waals surface area contributed by atoms with Crippen LogP contribution in [0.3, 0.4) is 0 Å². The van der Waals surface area contributed by atoms with Gasteiger partial charge in [-0.15, -0.1) is 0 Å². The van der Waals surface area contributed by atoms with Crippen molar-refractivity contribution >= 4 is 11.8 Å². The Morgan fingerprint density at radius 1 is 1.20 bits per heavy atom. The Labute approximate surface area is 121 Å². The average Bonchev–Trinajstić information content (AvgIpc) is 2.45. The number of nitrogens with two attached hydrogens (primary N) is 1. The molecule has 3 N–H and O–H groups in total. The summed E-state index contributed by atoms with van der Waals surface area (Å²) in [4.78, 5) is 25.4. The molecule has 1 saturated carbocycles. The summed E-state index contributed by atoms with van der Waals surface area (Å²) in [5, 5.41) is 2.87. The van der Waals surface area contributed by atoms with Crippen LogP contribution in [0.5, 0.6) is 0 Å². The molecule has 1 aliphatic heterocycles. The molecule has 1 heterocycles. The minimum atomic E-state index is 0.0275. The molecule has 0 aromatic heterocycles. The molecule has 0 aromatic rings. The Kier molecular flexibility index (Phi) is 5.40. The van der Waals surface area contributed by atoms with E-state index in [1.807, 2.05) is 4.90 Å². The fraction of sp³-hybridized carbons (Fsp3) is 0.867. The van der Waals surface area contributed by atoms with Crippen LogP contribution in [0, 0.1) is 11.8 Å². The van der Waals surface area contributed by atoms with Crippen molar-refractivity contribution in [3.05, 3.63) is 0 Å². The van der Waals surface area contributed by atoms with E-state index in [2.05, 4.69) is 5.32 Å². The Hall–Kier alpha value is -1.10. The largest absolute Gasteiger partial charge is 0.356 e. The fourth-order valence-corrected chi connectivity index (χ4v) is 3.36. The molecule has 0 radical (unpaired) electrons. The van der Waals surface area contributed by atoms with Gasteiger partial charge in [-0.2, -0.15) is 0 Å². The molecule has 2 rings (SSSR count). The average molecular weight is 281 g/mol. The molecule has 1 saturated heterocycles. The van der Waals surface area contributed by atoms with E-state index in [1.165, 1.54) is 0 Å². The maximum atomic E-state index is 12.5. The molecule has 2 fully saturated rings. The molecule has 20 heavy (non-hydrogen) atoms. The van der Waals surface area contributed by atoms with Gasteiger partial charge >= 0.3 is 0 Å². The molecule has 2 amide bonds. The standard InChI is InChI=1S/C15H27N3O2/c1-11(19)17-10-12-5-7-18(8-6-12)15(20)13-3-2-4-14(16)9-13/h12-14H,2-10,16H2,1H3,(H,17,19). The van der Waals surface area contributed by atoms with Gasteiger partial charge in [-0.3, -0.25) is 9.59 Å². The molecule has 0 spiro atoms. The molecule has 2 atom stereocenters. The van der Waals surface area contributed by atoms with Crippen LogP contribution in [-0.2, 0) is 9.59 Å². The van der Waals surface area contributed by atoms with Gasteiger partial charge in [0.15, 0.2) is 0 Å². The van der Waals surface area contributed by atoms with E-state index in [0.29, 0.717) is 11.8 Å². The minimum absolute atomic E-state index is 0.0275. The predicted molar refractivity (Wildman–Crippen MR) is 77.9 cm³/mol. The lowest BCUT2D eigenvalue weighted by atomic mass is 9.84. The Balaban J connectivity index is 1.75. The first-order chi connectivity index (χ1) is 9.56. The van der Waals surface area contributed by atoms with Crippen LogP contribution in [0.4, 0.5) is 0 Å². The van der Waals surface area contributed by atoms with Gasteiger partial charge in [-0.25, -0.2) is 0 Å². The summed E-state index contributed by atoms with van der Waals surface area (Å²) >= 11 is 0. The van der Waals surface area contributed by atoms with Crippen molar-refractivity contribution in [3.8, 4) is 0 Å². The van der Waals surface area contributed by atoms with E-state index in [1.54, 1.807) is 6.92 Å². The quantitative estimate of drug-likeness (QED) is 0.806. The second kappa shape index (κ2) is 7.07. The molecule has 5 nitrogen and oxygen atoms in total. The van der Waals surface area contributed by atoms with E-state index in [0.717, 1.165) is 58.2 Å². The zero-order valence-electron chi connectivity index (χ0n) is 12.4. The summed E-state index contributed by atoms with van der Waals surface area (Å²) in [6.45, 7) is 3.94. The van der Waals surface area contributed by atoms with Crippen LogP contribution in [-0.4, -0.2) is 42.4 Å². The van der Waals surface area contributed by atoms with Crippen molar-refractivity contribution in [1.29, 1.82) is 0 Å². The predicted octanol–water partition coefficient (Wildman–Crippen LogP) is 0.879. The van der Waals surface area contributed by atoms with E-state index < -0.39 is 0 Å². The van der Waals surface area contributed by atoms with Crippen LogP contribution in [0.25, 0.3) is 0 Å². The molecule has 114 valence electrons. The second-order valence-electron chi connectivity index (χ2n) is 6.33. The number of hydrogen-bond donors (Lipinski definition) is 2. The summed E-state index contributed by atoms with van der Waals surface area (Å²) in [7, 11) is 0. The van der Waals surface area contributed by atoms with Crippen molar-refractivity contribution in [1.82, 2.24) is 10.2 Å². The zero-order chi connectivity index (χ0) is 14.5. The number of carbonyl (C=O) groups excluding carboxylic acids is 2. The molecule has 2 aliphatic rings. The highest BCUT2D eigenvalue weighted by atomic mass is 16.2. The Morgan fingerprint density at radius 2 is 1.90 bits per heavy atom. The molecule has 0 bridgehead atoms. The number of amides is 2. The topological polar surface area (TPSA) is 75.4 Å². The van der Waals surface area contributed by atoms with Crippen molar-refractivity contribution in [2.45, 2.75) is 51.5 Å². The molecule has 0 aromatic carbocycles. The third kappa shape index (κ3) is 4.20. The van der Waals surface area contributed by atoms with Crippen LogP contribution < -0.4 is 11.1 Å². The van der Waals surface area contributed by atoms with E-state index >= 15 is 0 Å². The van der Waals surface area contributed by atoms with E-state index in [4.69, 9.17) is 5.73 Å². The van der Waals surface area contributed by atoms with Crippen molar-refractivity contribution in [3.63, 3.8) is 0 Å². The van der Waals surface area contributed by atoms with Gasteiger partial charge in [0, 0.05) is 38.5 Å². The first-order valence-corrected chi connectivity index (χ1v) is 7.85. The number of nitrogens with zero attached hydrogens (tertiary/aromatic N) is 1. The molecular formula is C15H27N3O2. The van der Waals surface area contributed by atoms with E-state index in [9.17, 15) is 9.59 Å². The summed E-state index contributed by atoms with van der Waals surface area (Å²) in [6, 6.07) is 0.204. The summed E-state index contributed by atoms with van der Waals surface area (Å²) < 4.78 is 0. The van der Waals surface area contributed by atoms with Gasteiger partial charge in [0.05, 0.1) is 0 Å².